The van der Waals surface area contributed by atoms with E-state index in [0.29, 0.717) is 13.0 Å². The molecule has 0 aliphatic heterocycles. The van der Waals surface area contributed by atoms with Crippen LogP contribution in [0.15, 0.2) is 0 Å². The minimum atomic E-state index is -0.815. The fourth-order valence-corrected chi connectivity index (χ4v) is 1.35. The average Bonchev–Trinajstić information content (AvgIpc) is 2.94. The van der Waals surface area contributed by atoms with E-state index < -0.39 is 12.0 Å². The second kappa shape index (κ2) is 4.95. The molecule has 3 N–H and O–H groups in total. The first-order valence-electron chi connectivity index (χ1n) is 4.82. The van der Waals surface area contributed by atoms with Crippen molar-refractivity contribution in [2.75, 3.05) is 13.6 Å². The zero-order valence-corrected chi connectivity index (χ0v) is 8.25. The molecule has 0 aromatic heterocycles. The third-order valence-electron chi connectivity index (χ3n) is 2.35. The summed E-state index contributed by atoms with van der Waals surface area (Å²) in [6, 6.07) is -0.473. The molecule has 5 nitrogen and oxygen atoms in total. The molecular weight excluding hydrogens is 184 g/mol. The van der Waals surface area contributed by atoms with Crippen LogP contribution in [0.25, 0.3) is 0 Å². The van der Waals surface area contributed by atoms with Crippen molar-refractivity contribution in [3.05, 3.63) is 0 Å². The minimum Gasteiger partial charge on any atom is -0.480 e. The summed E-state index contributed by atoms with van der Waals surface area (Å²) >= 11 is 0. The maximum Gasteiger partial charge on any atom is 0.320 e. The molecule has 1 unspecified atom stereocenters. The van der Waals surface area contributed by atoms with Crippen LogP contribution >= 0.6 is 0 Å². The Morgan fingerprint density at radius 1 is 1.50 bits per heavy atom. The Hall–Kier alpha value is -1.10. The first-order valence-corrected chi connectivity index (χ1v) is 4.82. The lowest BCUT2D eigenvalue weighted by Gasteiger charge is -2.12. The Balaban J connectivity index is 2.20. The molecule has 0 spiro atoms. The first-order chi connectivity index (χ1) is 6.65. The maximum absolute atomic E-state index is 10.9. The lowest BCUT2D eigenvalue weighted by molar-refractivity contribution is -0.140. The standard InChI is InChI=1S/C9H16N2O3/c1-10-7(12)4-5-11-8(9(13)14)6-2-3-6/h6,8,11H,2-5H2,1H3,(H,10,12)(H,13,14). The molecule has 0 heterocycles. The largest absolute Gasteiger partial charge is 0.480 e. The molecule has 1 rings (SSSR count). The second-order valence-electron chi connectivity index (χ2n) is 3.53. The fourth-order valence-electron chi connectivity index (χ4n) is 1.35. The van der Waals surface area contributed by atoms with Crippen LogP contribution in [0.5, 0.6) is 0 Å². The van der Waals surface area contributed by atoms with E-state index >= 15 is 0 Å². The molecule has 80 valence electrons. The van der Waals surface area contributed by atoms with Crippen molar-refractivity contribution < 1.29 is 14.7 Å². The normalized spacial score (nSPS) is 17.5. The van der Waals surface area contributed by atoms with Crippen LogP contribution in [0.2, 0.25) is 0 Å². The quantitative estimate of drug-likeness (QED) is 0.544. The van der Waals surface area contributed by atoms with E-state index in [0.717, 1.165) is 12.8 Å². The molecule has 1 atom stereocenters. The Morgan fingerprint density at radius 3 is 2.57 bits per heavy atom. The Labute approximate surface area is 82.9 Å². The number of hydrogen-bond donors (Lipinski definition) is 3. The van der Waals surface area contributed by atoms with E-state index in [1.165, 1.54) is 0 Å². The summed E-state index contributed by atoms with van der Waals surface area (Å²) in [6.07, 6.45) is 2.28. The summed E-state index contributed by atoms with van der Waals surface area (Å²) in [5, 5.41) is 14.2. The molecule has 1 fully saturated rings. The second-order valence-corrected chi connectivity index (χ2v) is 3.53. The van der Waals surface area contributed by atoms with Gasteiger partial charge in [0.1, 0.15) is 6.04 Å². The van der Waals surface area contributed by atoms with Crippen LogP contribution < -0.4 is 10.6 Å². The molecule has 1 aliphatic carbocycles. The van der Waals surface area contributed by atoms with Gasteiger partial charge in [-0.15, -0.1) is 0 Å². The number of carboxylic acids is 1. The van der Waals surface area contributed by atoms with Gasteiger partial charge in [-0.1, -0.05) is 0 Å². The van der Waals surface area contributed by atoms with Gasteiger partial charge in [0.05, 0.1) is 0 Å². The fraction of sp³-hybridized carbons (Fsp3) is 0.778. The van der Waals surface area contributed by atoms with Gasteiger partial charge in [-0.05, 0) is 18.8 Å². The Morgan fingerprint density at radius 2 is 2.14 bits per heavy atom. The zero-order valence-electron chi connectivity index (χ0n) is 8.25. The maximum atomic E-state index is 10.9. The molecule has 0 bridgehead atoms. The van der Waals surface area contributed by atoms with E-state index in [-0.39, 0.29) is 11.8 Å². The molecule has 0 saturated heterocycles. The highest BCUT2D eigenvalue weighted by atomic mass is 16.4. The highest BCUT2D eigenvalue weighted by molar-refractivity contribution is 5.76. The molecule has 1 amide bonds. The molecule has 1 aliphatic rings. The van der Waals surface area contributed by atoms with Gasteiger partial charge >= 0.3 is 5.97 Å². The van der Waals surface area contributed by atoms with Crippen molar-refractivity contribution in [3.8, 4) is 0 Å². The van der Waals surface area contributed by atoms with Gasteiger partial charge in [0, 0.05) is 20.0 Å². The monoisotopic (exact) mass is 200 g/mol. The van der Waals surface area contributed by atoms with Crippen LogP contribution in [-0.4, -0.2) is 36.6 Å². The van der Waals surface area contributed by atoms with Crippen LogP contribution in [-0.2, 0) is 9.59 Å². The lowest BCUT2D eigenvalue weighted by atomic mass is 10.2. The number of carbonyl (C=O) groups is 2. The molecule has 5 heteroatoms. The average molecular weight is 200 g/mol. The van der Waals surface area contributed by atoms with Crippen molar-refractivity contribution in [1.82, 2.24) is 10.6 Å². The van der Waals surface area contributed by atoms with Gasteiger partial charge in [0.15, 0.2) is 0 Å². The van der Waals surface area contributed by atoms with Crippen LogP contribution in [0.1, 0.15) is 19.3 Å². The lowest BCUT2D eigenvalue weighted by Crippen LogP contribution is -2.40. The smallest absolute Gasteiger partial charge is 0.320 e. The van der Waals surface area contributed by atoms with Crippen molar-refractivity contribution in [2.24, 2.45) is 5.92 Å². The Kier molecular flexibility index (Phi) is 3.88. The number of rotatable bonds is 6. The van der Waals surface area contributed by atoms with E-state index in [2.05, 4.69) is 10.6 Å². The number of hydrogen-bond acceptors (Lipinski definition) is 3. The minimum absolute atomic E-state index is 0.0718. The predicted octanol–water partition coefficient (Wildman–Crippen LogP) is -0.425. The highest BCUT2D eigenvalue weighted by Gasteiger charge is 2.35. The van der Waals surface area contributed by atoms with Gasteiger partial charge in [0.25, 0.3) is 0 Å². The third kappa shape index (κ3) is 3.33. The summed E-state index contributed by atoms with van der Waals surface area (Å²) in [4.78, 5) is 21.6. The number of aliphatic carboxylic acids is 1. The van der Waals surface area contributed by atoms with Crippen molar-refractivity contribution >= 4 is 11.9 Å². The summed E-state index contributed by atoms with van der Waals surface area (Å²) < 4.78 is 0. The summed E-state index contributed by atoms with van der Waals surface area (Å²) in [6.45, 7) is 0.424. The van der Waals surface area contributed by atoms with Crippen LogP contribution in [0.3, 0.4) is 0 Å². The van der Waals surface area contributed by atoms with E-state index in [9.17, 15) is 9.59 Å². The molecule has 14 heavy (non-hydrogen) atoms. The van der Waals surface area contributed by atoms with Gasteiger partial charge in [-0.2, -0.15) is 0 Å². The number of amides is 1. The van der Waals surface area contributed by atoms with Gasteiger partial charge in [-0.25, -0.2) is 0 Å². The predicted molar refractivity (Wildman–Crippen MR) is 50.8 cm³/mol. The summed E-state index contributed by atoms with van der Waals surface area (Å²) in [7, 11) is 1.57. The topological polar surface area (TPSA) is 78.4 Å². The number of carbonyl (C=O) groups excluding carboxylic acids is 1. The van der Waals surface area contributed by atoms with Gasteiger partial charge < -0.3 is 15.7 Å². The molecule has 0 radical (unpaired) electrons. The summed E-state index contributed by atoms with van der Waals surface area (Å²) in [5.74, 6) is -0.626. The van der Waals surface area contributed by atoms with E-state index in [1.54, 1.807) is 7.05 Å². The van der Waals surface area contributed by atoms with Gasteiger partial charge in [-0.3, -0.25) is 9.59 Å². The molecular formula is C9H16N2O3. The highest BCUT2D eigenvalue weighted by Crippen LogP contribution is 2.32. The van der Waals surface area contributed by atoms with Crippen molar-refractivity contribution in [1.29, 1.82) is 0 Å². The molecule has 0 aromatic rings. The van der Waals surface area contributed by atoms with Crippen LogP contribution in [0.4, 0.5) is 0 Å². The zero-order chi connectivity index (χ0) is 10.6. The van der Waals surface area contributed by atoms with E-state index in [1.807, 2.05) is 0 Å². The van der Waals surface area contributed by atoms with Crippen LogP contribution in [0, 0.1) is 5.92 Å². The molecule has 0 aromatic carbocycles. The number of nitrogens with one attached hydrogen (secondary N) is 2. The third-order valence-corrected chi connectivity index (χ3v) is 2.35. The molecule has 1 saturated carbocycles. The number of carboxylic acid groups (broad SMARTS) is 1. The summed E-state index contributed by atoms with van der Waals surface area (Å²) in [5.41, 5.74) is 0. The van der Waals surface area contributed by atoms with Crippen molar-refractivity contribution in [3.63, 3.8) is 0 Å². The van der Waals surface area contributed by atoms with E-state index in [4.69, 9.17) is 5.11 Å². The SMILES string of the molecule is CNC(=O)CCNC(C(=O)O)C1CC1. The van der Waals surface area contributed by atoms with Crippen molar-refractivity contribution in [2.45, 2.75) is 25.3 Å². The Bertz CT molecular complexity index is 226. The van der Waals surface area contributed by atoms with Gasteiger partial charge in [0.2, 0.25) is 5.91 Å². The first kappa shape index (κ1) is 11.0.